The number of aromatic nitrogens is 2. The molecule has 0 amide bonds. The van der Waals surface area contributed by atoms with Crippen LogP contribution in [-0.2, 0) is 5.41 Å². The van der Waals surface area contributed by atoms with E-state index in [-0.39, 0.29) is 5.41 Å². The average molecular weight is 291 g/mol. The van der Waals surface area contributed by atoms with Gasteiger partial charge in [-0.15, -0.1) is 0 Å². The zero-order chi connectivity index (χ0) is 15.8. The highest BCUT2D eigenvalue weighted by Crippen LogP contribution is 2.32. The second-order valence-electron chi connectivity index (χ2n) is 7.42. The molecule has 2 atom stereocenters. The number of piperidine rings is 1. The van der Waals surface area contributed by atoms with E-state index in [0.29, 0.717) is 12.0 Å². The molecule has 21 heavy (non-hydrogen) atoms. The lowest BCUT2D eigenvalue weighted by Gasteiger charge is -2.39. The monoisotopic (exact) mass is 291 g/mol. The molecule has 0 aromatic carbocycles. The summed E-state index contributed by atoms with van der Waals surface area (Å²) in [6.45, 7) is 14.1. The van der Waals surface area contributed by atoms with Gasteiger partial charge in [0.25, 0.3) is 0 Å². The first-order chi connectivity index (χ1) is 9.74. The molecule has 0 bridgehead atoms. The van der Waals surface area contributed by atoms with Crippen LogP contribution in [0.5, 0.6) is 0 Å². The summed E-state index contributed by atoms with van der Waals surface area (Å²) in [5.74, 6) is 8.96. The van der Waals surface area contributed by atoms with E-state index in [2.05, 4.69) is 49.9 Å². The van der Waals surface area contributed by atoms with Gasteiger partial charge in [0.15, 0.2) is 0 Å². The van der Waals surface area contributed by atoms with Crippen molar-refractivity contribution in [2.75, 3.05) is 16.9 Å². The Hall–Kier alpha value is -1.36. The molecule has 0 spiro atoms. The van der Waals surface area contributed by atoms with Gasteiger partial charge in [-0.25, -0.2) is 15.8 Å². The number of nitrogens with one attached hydrogen (secondary N) is 1. The molecule has 5 nitrogen and oxygen atoms in total. The summed E-state index contributed by atoms with van der Waals surface area (Å²) in [7, 11) is 0. The fraction of sp³-hybridized carbons (Fsp3) is 0.750. The highest BCUT2D eigenvalue weighted by atomic mass is 15.3. The molecular formula is C16H29N5. The van der Waals surface area contributed by atoms with Crippen molar-refractivity contribution in [1.82, 2.24) is 9.97 Å². The van der Waals surface area contributed by atoms with Crippen LogP contribution in [-0.4, -0.2) is 22.6 Å². The van der Waals surface area contributed by atoms with Crippen molar-refractivity contribution in [3.8, 4) is 0 Å². The van der Waals surface area contributed by atoms with Crippen LogP contribution in [0.15, 0.2) is 0 Å². The van der Waals surface area contributed by atoms with Crippen LogP contribution in [0, 0.1) is 12.8 Å². The second kappa shape index (κ2) is 5.79. The standard InChI is InChI=1S/C16H29N5/c1-10-7-8-11(2)21(9-10)14-12(3)13(20-17)18-15(19-14)16(4,5)6/h10-11H,7-9,17H2,1-6H3,(H,18,19,20). The third kappa shape index (κ3) is 3.28. The molecule has 5 heteroatoms. The van der Waals surface area contributed by atoms with Gasteiger partial charge in [0.05, 0.1) is 0 Å². The van der Waals surface area contributed by atoms with E-state index in [0.717, 1.165) is 29.6 Å². The smallest absolute Gasteiger partial charge is 0.148 e. The summed E-state index contributed by atoms with van der Waals surface area (Å²) in [4.78, 5) is 11.9. The number of nitrogens with zero attached hydrogens (tertiary/aromatic N) is 3. The Balaban J connectivity index is 2.51. The van der Waals surface area contributed by atoms with Crippen molar-refractivity contribution in [1.29, 1.82) is 0 Å². The normalized spacial score (nSPS) is 23.3. The van der Waals surface area contributed by atoms with Crippen molar-refractivity contribution in [3.05, 3.63) is 11.4 Å². The van der Waals surface area contributed by atoms with Gasteiger partial charge < -0.3 is 10.3 Å². The molecule has 1 fully saturated rings. The van der Waals surface area contributed by atoms with Crippen LogP contribution in [0.3, 0.4) is 0 Å². The summed E-state index contributed by atoms with van der Waals surface area (Å²) in [6.07, 6.45) is 2.50. The van der Waals surface area contributed by atoms with Gasteiger partial charge in [-0.2, -0.15) is 0 Å². The third-order valence-corrected chi connectivity index (χ3v) is 4.32. The molecule has 2 rings (SSSR count). The molecule has 2 heterocycles. The summed E-state index contributed by atoms with van der Waals surface area (Å²) < 4.78 is 0. The maximum absolute atomic E-state index is 5.66. The fourth-order valence-electron chi connectivity index (χ4n) is 2.84. The van der Waals surface area contributed by atoms with Gasteiger partial charge in [0, 0.05) is 23.6 Å². The highest BCUT2D eigenvalue weighted by Gasteiger charge is 2.28. The average Bonchev–Trinajstić information content (AvgIpc) is 2.40. The van der Waals surface area contributed by atoms with Gasteiger partial charge in [0.2, 0.25) is 0 Å². The minimum absolute atomic E-state index is 0.0985. The molecule has 0 radical (unpaired) electrons. The molecular weight excluding hydrogens is 262 g/mol. The Morgan fingerprint density at radius 2 is 1.86 bits per heavy atom. The number of hydrazine groups is 1. The SMILES string of the molecule is Cc1c(NN)nc(C(C)(C)C)nc1N1CC(C)CCC1C. The van der Waals surface area contributed by atoms with Crippen LogP contribution in [0.1, 0.15) is 58.8 Å². The zero-order valence-corrected chi connectivity index (χ0v) is 14.2. The van der Waals surface area contributed by atoms with Crippen LogP contribution >= 0.6 is 0 Å². The third-order valence-electron chi connectivity index (χ3n) is 4.32. The summed E-state index contributed by atoms with van der Waals surface area (Å²) in [5, 5.41) is 0. The number of nitrogens with two attached hydrogens (primary N) is 1. The first-order valence-electron chi connectivity index (χ1n) is 7.86. The molecule has 1 aliphatic heterocycles. The van der Waals surface area contributed by atoms with E-state index >= 15 is 0 Å². The van der Waals surface area contributed by atoms with Gasteiger partial charge in [0.1, 0.15) is 17.5 Å². The van der Waals surface area contributed by atoms with E-state index in [4.69, 9.17) is 10.8 Å². The lowest BCUT2D eigenvalue weighted by molar-refractivity contribution is 0.386. The molecule has 0 aliphatic carbocycles. The lowest BCUT2D eigenvalue weighted by Crippen LogP contribution is -2.42. The molecule has 118 valence electrons. The number of nitrogen functional groups attached to an aromatic ring is 1. The molecule has 3 N–H and O–H groups in total. The van der Waals surface area contributed by atoms with Crippen LogP contribution in [0.2, 0.25) is 0 Å². The maximum atomic E-state index is 5.66. The summed E-state index contributed by atoms with van der Waals surface area (Å²) >= 11 is 0. The Morgan fingerprint density at radius 1 is 1.19 bits per heavy atom. The Kier molecular flexibility index (Phi) is 4.42. The largest absolute Gasteiger partial charge is 0.353 e. The van der Waals surface area contributed by atoms with Gasteiger partial charge in [-0.3, -0.25) is 0 Å². The van der Waals surface area contributed by atoms with E-state index in [1.807, 2.05) is 6.92 Å². The molecule has 1 aromatic heterocycles. The number of anilines is 2. The molecule has 1 aromatic rings. The second-order valence-corrected chi connectivity index (χ2v) is 7.42. The minimum Gasteiger partial charge on any atom is -0.353 e. The maximum Gasteiger partial charge on any atom is 0.148 e. The Morgan fingerprint density at radius 3 is 2.43 bits per heavy atom. The van der Waals surface area contributed by atoms with E-state index in [1.165, 1.54) is 12.8 Å². The lowest BCUT2D eigenvalue weighted by atomic mass is 9.94. The first kappa shape index (κ1) is 16.0. The van der Waals surface area contributed by atoms with Crippen LogP contribution in [0.25, 0.3) is 0 Å². The number of rotatable bonds is 2. The predicted molar refractivity (Wildman–Crippen MR) is 88.5 cm³/mol. The molecule has 0 saturated carbocycles. The zero-order valence-electron chi connectivity index (χ0n) is 14.2. The quantitative estimate of drug-likeness (QED) is 0.647. The van der Waals surface area contributed by atoms with Crippen molar-refractivity contribution < 1.29 is 0 Å². The van der Waals surface area contributed by atoms with Crippen LogP contribution in [0.4, 0.5) is 11.6 Å². The Bertz CT molecular complexity index is 506. The number of hydrogen-bond acceptors (Lipinski definition) is 5. The van der Waals surface area contributed by atoms with E-state index in [1.54, 1.807) is 0 Å². The van der Waals surface area contributed by atoms with Crippen molar-refractivity contribution in [2.24, 2.45) is 11.8 Å². The van der Waals surface area contributed by atoms with Gasteiger partial charge in [-0.05, 0) is 32.6 Å². The van der Waals surface area contributed by atoms with Crippen molar-refractivity contribution >= 4 is 11.6 Å². The Labute approximate surface area is 128 Å². The highest BCUT2D eigenvalue weighted by molar-refractivity contribution is 5.59. The van der Waals surface area contributed by atoms with E-state index < -0.39 is 0 Å². The van der Waals surface area contributed by atoms with E-state index in [9.17, 15) is 0 Å². The first-order valence-corrected chi connectivity index (χ1v) is 7.86. The van der Waals surface area contributed by atoms with Crippen LogP contribution < -0.4 is 16.2 Å². The van der Waals surface area contributed by atoms with Crippen molar-refractivity contribution in [2.45, 2.75) is 65.8 Å². The molecule has 2 unspecified atom stereocenters. The minimum atomic E-state index is -0.0985. The molecule has 1 saturated heterocycles. The number of hydrogen-bond donors (Lipinski definition) is 2. The predicted octanol–water partition coefficient (Wildman–Crippen LogP) is 2.99. The van der Waals surface area contributed by atoms with Gasteiger partial charge in [-0.1, -0.05) is 27.7 Å². The van der Waals surface area contributed by atoms with Gasteiger partial charge >= 0.3 is 0 Å². The molecule has 1 aliphatic rings. The summed E-state index contributed by atoms with van der Waals surface area (Å²) in [6, 6.07) is 0.508. The van der Waals surface area contributed by atoms with Crippen molar-refractivity contribution in [3.63, 3.8) is 0 Å². The summed E-state index contributed by atoms with van der Waals surface area (Å²) in [5.41, 5.74) is 3.67. The topological polar surface area (TPSA) is 67.1 Å². The fourth-order valence-corrected chi connectivity index (χ4v) is 2.84.